The van der Waals surface area contributed by atoms with Gasteiger partial charge in [-0.25, -0.2) is 4.99 Å². The lowest BCUT2D eigenvalue weighted by Gasteiger charge is -2.21. The number of guanidine groups is 1. The Kier molecular flexibility index (Phi) is 7.09. The van der Waals surface area contributed by atoms with E-state index in [1.54, 1.807) is 32.4 Å². The number of nitrogens with one attached hydrogen (secondary N) is 2. The predicted octanol–water partition coefficient (Wildman–Crippen LogP) is 2.85. The molecule has 3 N–H and O–H groups in total. The first-order valence-electron chi connectivity index (χ1n) is 8.89. The summed E-state index contributed by atoms with van der Waals surface area (Å²) in [6.45, 7) is 7.45. The third-order valence-electron chi connectivity index (χ3n) is 4.19. The molecule has 2 atom stereocenters. The number of aliphatic hydroxyl groups is 1. The number of nitrogens with zero attached hydrogens (tertiary/aromatic N) is 1. The minimum Gasteiger partial charge on any atom is -0.496 e. The molecule has 1 aromatic carbocycles. The molecule has 2 unspecified atom stereocenters. The molecule has 0 saturated carbocycles. The molecular formula is C20H29N3O3. The molecule has 2 aromatic rings. The van der Waals surface area contributed by atoms with Crippen molar-refractivity contribution in [2.75, 3.05) is 26.7 Å². The quantitative estimate of drug-likeness (QED) is 0.499. The van der Waals surface area contributed by atoms with Crippen LogP contribution in [-0.4, -0.2) is 37.8 Å². The molecule has 2 rings (SSSR count). The van der Waals surface area contributed by atoms with E-state index in [0.717, 1.165) is 17.9 Å². The first kappa shape index (κ1) is 19.8. The summed E-state index contributed by atoms with van der Waals surface area (Å²) < 4.78 is 10.7. The van der Waals surface area contributed by atoms with Crippen molar-refractivity contribution in [3.8, 4) is 5.75 Å². The van der Waals surface area contributed by atoms with E-state index in [0.29, 0.717) is 18.3 Å². The van der Waals surface area contributed by atoms with Crippen molar-refractivity contribution in [2.24, 2.45) is 4.99 Å². The van der Waals surface area contributed by atoms with Crippen LogP contribution in [0.2, 0.25) is 0 Å². The second-order valence-electron chi connectivity index (χ2n) is 6.47. The van der Waals surface area contributed by atoms with Crippen LogP contribution >= 0.6 is 0 Å². The van der Waals surface area contributed by atoms with Crippen molar-refractivity contribution in [3.05, 3.63) is 54.0 Å². The number of hydrogen-bond donors (Lipinski definition) is 3. The van der Waals surface area contributed by atoms with Crippen LogP contribution in [0.4, 0.5) is 0 Å². The molecule has 6 nitrogen and oxygen atoms in total. The van der Waals surface area contributed by atoms with Crippen LogP contribution in [0, 0.1) is 0 Å². The summed E-state index contributed by atoms with van der Waals surface area (Å²) in [5.74, 6) is 2.27. The zero-order valence-corrected chi connectivity index (χ0v) is 16.0. The molecule has 0 amide bonds. The second kappa shape index (κ2) is 9.29. The van der Waals surface area contributed by atoms with Crippen LogP contribution in [0.3, 0.4) is 0 Å². The smallest absolute Gasteiger partial charge is 0.191 e. The standard InChI is InChI=1S/C20H29N3O3/c1-5-21-19(23-14-20(3,24)18-11-8-12-26-18)22-13-15(2)16-9-6-7-10-17(16)25-4/h6-12,15,24H,5,13-14H2,1-4H3,(H2,21,22,23). The van der Waals surface area contributed by atoms with E-state index < -0.39 is 5.60 Å². The van der Waals surface area contributed by atoms with E-state index in [4.69, 9.17) is 9.15 Å². The average molecular weight is 359 g/mol. The van der Waals surface area contributed by atoms with E-state index in [1.165, 1.54) is 0 Å². The number of hydrogen-bond acceptors (Lipinski definition) is 4. The Morgan fingerprint density at radius 3 is 2.69 bits per heavy atom. The van der Waals surface area contributed by atoms with Gasteiger partial charge in [0.2, 0.25) is 0 Å². The van der Waals surface area contributed by atoms with E-state index >= 15 is 0 Å². The van der Waals surface area contributed by atoms with Crippen molar-refractivity contribution in [2.45, 2.75) is 32.3 Å². The Labute approximate surface area is 155 Å². The molecule has 0 aliphatic heterocycles. The molecule has 0 spiro atoms. The summed E-state index contributed by atoms with van der Waals surface area (Å²) in [6, 6.07) is 11.5. The molecule has 0 bridgehead atoms. The largest absolute Gasteiger partial charge is 0.496 e. The fourth-order valence-corrected chi connectivity index (χ4v) is 2.67. The lowest BCUT2D eigenvalue weighted by atomic mass is 10.0. The minimum atomic E-state index is -1.15. The molecule has 0 radical (unpaired) electrons. The maximum Gasteiger partial charge on any atom is 0.191 e. The maximum atomic E-state index is 10.5. The molecule has 26 heavy (non-hydrogen) atoms. The number of benzene rings is 1. The molecule has 142 valence electrons. The SMILES string of the molecule is CCNC(=NCC(C)(O)c1ccco1)NCC(C)c1ccccc1OC. The van der Waals surface area contributed by atoms with E-state index in [2.05, 4.69) is 28.6 Å². The molecule has 0 aliphatic carbocycles. The molecule has 0 saturated heterocycles. The summed E-state index contributed by atoms with van der Waals surface area (Å²) in [5.41, 5.74) is -0.0129. The van der Waals surface area contributed by atoms with Gasteiger partial charge in [0.25, 0.3) is 0 Å². The van der Waals surface area contributed by atoms with Gasteiger partial charge in [-0.3, -0.25) is 0 Å². The van der Waals surface area contributed by atoms with Crippen molar-refractivity contribution in [1.29, 1.82) is 0 Å². The molecule has 0 fully saturated rings. The van der Waals surface area contributed by atoms with Gasteiger partial charge in [-0.05, 0) is 37.6 Å². The predicted molar refractivity (Wildman–Crippen MR) is 104 cm³/mol. The average Bonchev–Trinajstić information content (AvgIpc) is 3.19. The van der Waals surface area contributed by atoms with Crippen molar-refractivity contribution in [1.82, 2.24) is 10.6 Å². The highest BCUT2D eigenvalue weighted by Gasteiger charge is 2.26. The fraction of sp³-hybridized carbons (Fsp3) is 0.450. The molecule has 1 aromatic heterocycles. The van der Waals surface area contributed by atoms with E-state index in [1.807, 2.05) is 25.1 Å². The van der Waals surface area contributed by atoms with Crippen LogP contribution in [0.15, 0.2) is 52.1 Å². The van der Waals surface area contributed by atoms with Crippen molar-refractivity contribution >= 4 is 5.96 Å². The second-order valence-corrected chi connectivity index (χ2v) is 6.47. The lowest BCUT2D eigenvalue weighted by molar-refractivity contribution is 0.0437. The van der Waals surface area contributed by atoms with Crippen LogP contribution in [0.5, 0.6) is 5.75 Å². The van der Waals surface area contributed by atoms with Gasteiger partial charge in [-0.1, -0.05) is 25.1 Å². The highest BCUT2D eigenvalue weighted by molar-refractivity contribution is 5.79. The lowest BCUT2D eigenvalue weighted by Crippen LogP contribution is -2.40. The maximum absolute atomic E-state index is 10.5. The first-order chi connectivity index (χ1) is 12.5. The fourth-order valence-electron chi connectivity index (χ4n) is 2.67. The first-order valence-corrected chi connectivity index (χ1v) is 8.89. The number of furan rings is 1. The van der Waals surface area contributed by atoms with Gasteiger partial charge >= 0.3 is 0 Å². The summed E-state index contributed by atoms with van der Waals surface area (Å²) in [6.07, 6.45) is 1.55. The van der Waals surface area contributed by atoms with E-state index in [9.17, 15) is 5.11 Å². The highest BCUT2D eigenvalue weighted by atomic mass is 16.5. The van der Waals surface area contributed by atoms with Gasteiger partial charge in [-0.2, -0.15) is 0 Å². The van der Waals surface area contributed by atoms with Gasteiger partial charge in [0.05, 0.1) is 19.9 Å². The Hall–Kier alpha value is -2.47. The van der Waals surface area contributed by atoms with Gasteiger partial charge in [0.15, 0.2) is 5.96 Å². The number of aliphatic imine (C=N–C) groups is 1. The molecule has 6 heteroatoms. The number of ether oxygens (including phenoxy) is 1. The number of methoxy groups -OCH3 is 1. The van der Waals surface area contributed by atoms with Crippen LogP contribution in [0.25, 0.3) is 0 Å². The zero-order valence-electron chi connectivity index (χ0n) is 16.0. The van der Waals surface area contributed by atoms with E-state index in [-0.39, 0.29) is 12.5 Å². The minimum absolute atomic E-state index is 0.193. The van der Waals surface area contributed by atoms with Crippen molar-refractivity contribution < 1.29 is 14.3 Å². The third kappa shape index (κ3) is 5.26. The number of para-hydroxylation sites is 1. The molecule has 1 heterocycles. The summed E-state index contributed by atoms with van der Waals surface area (Å²) >= 11 is 0. The van der Waals surface area contributed by atoms with Crippen LogP contribution in [-0.2, 0) is 5.60 Å². The summed E-state index contributed by atoms with van der Waals surface area (Å²) in [7, 11) is 1.68. The van der Waals surface area contributed by atoms with Gasteiger partial charge in [-0.15, -0.1) is 0 Å². The Bertz CT molecular complexity index is 696. The zero-order chi connectivity index (χ0) is 19.0. The Morgan fingerprint density at radius 1 is 1.27 bits per heavy atom. The summed E-state index contributed by atoms with van der Waals surface area (Å²) in [5, 5.41) is 17.1. The van der Waals surface area contributed by atoms with Crippen LogP contribution < -0.4 is 15.4 Å². The van der Waals surface area contributed by atoms with Crippen molar-refractivity contribution in [3.63, 3.8) is 0 Å². The van der Waals surface area contributed by atoms with Gasteiger partial charge in [0, 0.05) is 19.0 Å². The third-order valence-corrected chi connectivity index (χ3v) is 4.19. The topological polar surface area (TPSA) is 79.0 Å². The van der Waals surface area contributed by atoms with Crippen LogP contribution in [0.1, 0.15) is 38.0 Å². The van der Waals surface area contributed by atoms with Gasteiger partial charge < -0.3 is 24.9 Å². The number of rotatable bonds is 8. The highest BCUT2D eigenvalue weighted by Crippen LogP contribution is 2.25. The normalized spacial score (nSPS) is 15.2. The Balaban J connectivity index is 2.01. The Morgan fingerprint density at radius 2 is 2.04 bits per heavy atom. The summed E-state index contributed by atoms with van der Waals surface area (Å²) in [4.78, 5) is 4.50. The molecular weight excluding hydrogens is 330 g/mol. The molecule has 0 aliphatic rings. The monoisotopic (exact) mass is 359 g/mol. The van der Waals surface area contributed by atoms with Gasteiger partial charge in [0.1, 0.15) is 17.1 Å².